The van der Waals surface area contributed by atoms with Gasteiger partial charge >= 0.3 is 5.97 Å². The van der Waals surface area contributed by atoms with Crippen LogP contribution in [0.4, 0.5) is 0 Å². The highest BCUT2D eigenvalue weighted by Crippen LogP contribution is 2.10. The summed E-state index contributed by atoms with van der Waals surface area (Å²) in [6, 6.07) is 0.491. The highest BCUT2D eigenvalue weighted by atomic mass is 16.5. The van der Waals surface area contributed by atoms with E-state index in [-0.39, 0.29) is 0 Å². The number of hydrogen-bond acceptors (Lipinski definition) is 4. The number of likely N-dealkylation sites (N-methyl/N-ethyl adjacent to an activating group) is 1. The van der Waals surface area contributed by atoms with Crippen molar-refractivity contribution in [1.29, 1.82) is 0 Å². The molecule has 1 saturated heterocycles. The monoisotopic (exact) mass is 244 g/mol. The van der Waals surface area contributed by atoms with Gasteiger partial charge in [0.25, 0.3) is 0 Å². The predicted molar refractivity (Wildman–Crippen MR) is 66.2 cm³/mol. The molecule has 0 spiro atoms. The number of carbonyl (C=O) groups is 1. The fourth-order valence-electron chi connectivity index (χ4n) is 2.27. The summed E-state index contributed by atoms with van der Waals surface area (Å²) in [6.45, 7) is 8.38. The molecule has 1 rings (SSSR count). The van der Waals surface area contributed by atoms with Gasteiger partial charge in [0.2, 0.25) is 0 Å². The van der Waals surface area contributed by atoms with Gasteiger partial charge in [-0.3, -0.25) is 4.90 Å². The molecule has 0 aromatic rings. The molecule has 0 aromatic heterocycles. The number of ether oxygens (including phenoxy) is 1. The zero-order chi connectivity index (χ0) is 12.8. The number of nitrogens with zero attached hydrogens (tertiary/aromatic N) is 2. The standard InChI is InChI=1S/C12H24N2O3/c1-4-17-11(12(15)16)5-6-14-8-7-13(3)9-10(14)2/h10-11H,4-9H2,1-3H3,(H,15,16). The van der Waals surface area contributed by atoms with Crippen LogP contribution in [0, 0.1) is 0 Å². The van der Waals surface area contributed by atoms with Crippen LogP contribution in [0.15, 0.2) is 0 Å². The van der Waals surface area contributed by atoms with Crippen LogP contribution in [0.25, 0.3) is 0 Å². The molecule has 1 fully saturated rings. The molecule has 5 nitrogen and oxygen atoms in total. The van der Waals surface area contributed by atoms with Gasteiger partial charge in [-0.15, -0.1) is 0 Å². The van der Waals surface area contributed by atoms with Crippen molar-refractivity contribution in [3.63, 3.8) is 0 Å². The second-order valence-electron chi connectivity index (χ2n) is 4.72. The number of aliphatic carboxylic acids is 1. The lowest BCUT2D eigenvalue weighted by atomic mass is 10.1. The molecular formula is C12H24N2O3. The summed E-state index contributed by atoms with van der Waals surface area (Å²) >= 11 is 0. The van der Waals surface area contributed by atoms with Crippen molar-refractivity contribution < 1.29 is 14.6 Å². The van der Waals surface area contributed by atoms with Crippen molar-refractivity contribution >= 4 is 5.97 Å². The van der Waals surface area contributed by atoms with E-state index in [1.165, 1.54) is 0 Å². The molecule has 0 aromatic carbocycles. The lowest BCUT2D eigenvalue weighted by molar-refractivity contribution is -0.150. The zero-order valence-electron chi connectivity index (χ0n) is 11.1. The quantitative estimate of drug-likeness (QED) is 0.737. The SMILES string of the molecule is CCOC(CCN1CCN(C)CC1C)C(=O)O. The van der Waals surface area contributed by atoms with Gasteiger partial charge in [-0.1, -0.05) is 0 Å². The molecule has 0 aliphatic carbocycles. The number of rotatable bonds is 6. The van der Waals surface area contributed by atoms with Crippen molar-refractivity contribution in [2.45, 2.75) is 32.4 Å². The smallest absolute Gasteiger partial charge is 0.332 e. The minimum absolute atomic E-state index is 0.454. The maximum absolute atomic E-state index is 10.9. The second kappa shape index (κ2) is 6.93. The van der Waals surface area contributed by atoms with E-state index < -0.39 is 12.1 Å². The Kier molecular flexibility index (Phi) is 5.88. The molecule has 0 radical (unpaired) electrons. The molecule has 2 atom stereocenters. The summed E-state index contributed by atoms with van der Waals surface area (Å²) in [6.07, 6.45) is -0.0936. The van der Waals surface area contributed by atoms with Gasteiger partial charge in [0.1, 0.15) is 0 Å². The Balaban J connectivity index is 2.35. The third-order valence-electron chi connectivity index (χ3n) is 3.29. The van der Waals surface area contributed by atoms with Crippen molar-refractivity contribution in [1.82, 2.24) is 9.80 Å². The average molecular weight is 244 g/mol. The molecule has 0 saturated carbocycles. The van der Waals surface area contributed by atoms with Gasteiger partial charge in [-0.25, -0.2) is 4.79 Å². The molecule has 17 heavy (non-hydrogen) atoms. The Labute approximate surface area is 103 Å². The minimum Gasteiger partial charge on any atom is -0.479 e. The molecule has 1 aliphatic rings. The molecule has 1 N–H and O–H groups in total. The molecule has 2 unspecified atom stereocenters. The fraction of sp³-hybridized carbons (Fsp3) is 0.917. The van der Waals surface area contributed by atoms with Gasteiger partial charge in [0.15, 0.2) is 6.10 Å². The Morgan fingerprint density at radius 2 is 2.24 bits per heavy atom. The van der Waals surface area contributed by atoms with Crippen LogP contribution in [0.3, 0.4) is 0 Å². The topological polar surface area (TPSA) is 53.0 Å². The largest absolute Gasteiger partial charge is 0.479 e. The first kappa shape index (κ1) is 14.4. The summed E-state index contributed by atoms with van der Waals surface area (Å²) in [7, 11) is 2.12. The van der Waals surface area contributed by atoms with E-state index in [0.29, 0.717) is 19.1 Å². The number of hydrogen-bond donors (Lipinski definition) is 1. The third-order valence-corrected chi connectivity index (χ3v) is 3.29. The van der Waals surface area contributed by atoms with E-state index in [9.17, 15) is 4.79 Å². The predicted octanol–water partition coefficient (Wildman–Crippen LogP) is 0.502. The summed E-state index contributed by atoms with van der Waals surface area (Å²) in [5, 5.41) is 8.99. The van der Waals surface area contributed by atoms with Crippen molar-refractivity contribution in [3.8, 4) is 0 Å². The molecule has 1 aliphatic heterocycles. The fourth-order valence-corrected chi connectivity index (χ4v) is 2.27. The molecular weight excluding hydrogens is 220 g/mol. The van der Waals surface area contributed by atoms with Crippen LogP contribution >= 0.6 is 0 Å². The summed E-state index contributed by atoms with van der Waals surface area (Å²) in [5.41, 5.74) is 0. The maximum Gasteiger partial charge on any atom is 0.332 e. The van der Waals surface area contributed by atoms with Crippen LogP contribution in [0.2, 0.25) is 0 Å². The number of carboxylic acid groups (broad SMARTS) is 1. The summed E-state index contributed by atoms with van der Waals surface area (Å²) in [4.78, 5) is 15.6. The Bertz CT molecular complexity index is 248. The van der Waals surface area contributed by atoms with Crippen LogP contribution in [-0.4, -0.2) is 72.9 Å². The normalized spacial score (nSPS) is 24.8. The first-order valence-electron chi connectivity index (χ1n) is 6.31. The Morgan fingerprint density at radius 3 is 2.76 bits per heavy atom. The Hall–Kier alpha value is -0.650. The average Bonchev–Trinajstić information content (AvgIpc) is 2.25. The number of carboxylic acids is 1. The summed E-state index contributed by atoms with van der Waals surface area (Å²) in [5.74, 6) is -0.853. The summed E-state index contributed by atoms with van der Waals surface area (Å²) < 4.78 is 5.21. The van der Waals surface area contributed by atoms with Gasteiger partial charge in [0.05, 0.1) is 0 Å². The van der Waals surface area contributed by atoms with Gasteiger partial charge < -0.3 is 14.7 Å². The van der Waals surface area contributed by atoms with E-state index in [4.69, 9.17) is 9.84 Å². The van der Waals surface area contributed by atoms with Crippen molar-refractivity contribution in [3.05, 3.63) is 0 Å². The van der Waals surface area contributed by atoms with E-state index in [1.807, 2.05) is 6.92 Å². The lowest BCUT2D eigenvalue weighted by Crippen LogP contribution is -2.51. The van der Waals surface area contributed by atoms with Crippen LogP contribution in [0.5, 0.6) is 0 Å². The van der Waals surface area contributed by atoms with Crippen LogP contribution in [-0.2, 0) is 9.53 Å². The lowest BCUT2D eigenvalue weighted by Gasteiger charge is -2.38. The third kappa shape index (κ3) is 4.61. The molecule has 100 valence electrons. The van der Waals surface area contributed by atoms with E-state index in [0.717, 1.165) is 26.2 Å². The van der Waals surface area contributed by atoms with Crippen molar-refractivity contribution in [2.75, 3.05) is 39.8 Å². The first-order valence-corrected chi connectivity index (χ1v) is 6.31. The van der Waals surface area contributed by atoms with Crippen LogP contribution in [0.1, 0.15) is 20.3 Å². The number of piperazine rings is 1. The Morgan fingerprint density at radius 1 is 1.53 bits per heavy atom. The highest BCUT2D eigenvalue weighted by molar-refractivity contribution is 5.72. The van der Waals surface area contributed by atoms with Crippen LogP contribution < -0.4 is 0 Å². The molecule has 5 heteroatoms. The molecule has 1 heterocycles. The zero-order valence-corrected chi connectivity index (χ0v) is 11.1. The first-order chi connectivity index (χ1) is 8.04. The second-order valence-corrected chi connectivity index (χ2v) is 4.72. The van der Waals surface area contributed by atoms with Crippen molar-refractivity contribution in [2.24, 2.45) is 0 Å². The highest BCUT2D eigenvalue weighted by Gasteiger charge is 2.24. The van der Waals surface area contributed by atoms with E-state index in [1.54, 1.807) is 0 Å². The minimum atomic E-state index is -0.853. The van der Waals surface area contributed by atoms with Gasteiger partial charge in [-0.2, -0.15) is 0 Å². The maximum atomic E-state index is 10.9. The molecule has 0 bridgehead atoms. The van der Waals surface area contributed by atoms with E-state index in [2.05, 4.69) is 23.8 Å². The molecule has 0 amide bonds. The van der Waals surface area contributed by atoms with Gasteiger partial charge in [-0.05, 0) is 27.3 Å². The van der Waals surface area contributed by atoms with E-state index >= 15 is 0 Å². The van der Waals surface area contributed by atoms with Gasteiger partial charge in [0, 0.05) is 38.8 Å².